The molecule has 0 saturated carbocycles. The third-order valence-corrected chi connectivity index (χ3v) is 2.72. The third-order valence-electron chi connectivity index (χ3n) is 2.72. The Balaban J connectivity index is 2.00. The van der Waals surface area contributed by atoms with E-state index in [1.54, 1.807) is 10.9 Å². The van der Waals surface area contributed by atoms with Crippen LogP contribution in [0.4, 0.5) is 5.69 Å². The summed E-state index contributed by atoms with van der Waals surface area (Å²) in [6.07, 6.45) is 5.62. The van der Waals surface area contributed by atoms with Crippen molar-refractivity contribution in [2.75, 3.05) is 5.73 Å². The van der Waals surface area contributed by atoms with E-state index in [9.17, 15) is 0 Å². The Labute approximate surface area is 98.5 Å². The number of aryl methyl sites for hydroxylation is 1. The molecule has 5 nitrogen and oxygen atoms in total. The van der Waals surface area contributed by atoms with E-state index in [1.165, 1.54) is 0 Å². The SMILES string of the molecule is Cn1ccc(Cn2ccc3cc(N)cnc32)n1. The summed E-state index contributed by atoms with van der Waals surface area (Å²) in [4.78, 5) is 4.35. The maximum atomic E-state index is 5.70. The number of anilines is 1. The van der Waals surface area contributed by atoms with E-state index in [0.717, 1.165) is 23.3 Å². The zero-order chi connectivity index (χ0) is 11.8. The molecule has 0 amide bonds. The lowest BCUT2D eigenvalue weighted by Gasteiger charge is -2.02. The summed E-state index contributed by atoms with van der Waals surface area (Å²) < 4.78 is 3.86. The highest BCUT2D eigenvalue weighted by molar-refractivity contribution is 5.79. The zero-order valence-electron chi connectivity index (χ0n) is 9.54. The highest BCUT2D eigenvalue weighted by Gasteiger charge is 2.04. The van der Waals surface area contributed by atoms with Crippen molar-refractivity contribution in [3.8, 4) is 0 Å². The predicted molar refractivity (Wildman–Crippen MR) is 66.5 cm³/mol. The highest BCUT2D eigenvalue weighted by Crippen LogP contribution is 2.16. The van der Waals surface area contributed by atoms with Crippen molar-refractivity contribution in [3.05, 3.63) is 42.5 Å². The molecule has 0 saturated heterocycles. The Morgan fingerprint density at radius 1 is 1.29 bits per heavy atom. The minimum atomic E-state index is 0.688. The first-order valence-corrected chi connectivity index (χ1v) is 5.41. The van der Waals surface area contributed by atoms with Gasteiger partial charge in [0.25, 0.3) is 0 Å². The van der Waals surface area contributed by atoms with E-state index >= 15 is 0 Å². The summed E-state index contributed by atoms with van der Waals surface area (Å²) in [6, 6.07) is 5.95. The van der Waals surface area contributed by atoms with Crippen LogP contribution in [0, 0.1) is 0 Å². The minimum Gasteiger partial charge on any atom is -0.397 e. The smallest absolute Gasteiger partial charge is 0.140 e. The number of aromatic nitrogens is 4. The van der Waals surface area contributed by atoms with Gasteiger partial charge in [-0.25, -0.2) is 4.98 Å². The number of hydrogen-bond donors (Lipinski definition) is 1. The molecule has 0 radical (unpaired) electrons. The molecule has 3 heterocycles. The average molecular weight is 227 g/mol. The summed E-state index contributed by atoms with van der Waals surface area (Å²) in [6.45, 7) is 0.723. The molecule has 0 unspecified atom stereocenters. The van der Waals surface area contributed by atoms with Crippen LogP contribution in [0.3, 0.4) is 0 Å². The standard InChI is InChI=1S/C12H13N5/c1-16-4-3-11(15-16)8-17-5-2-9-6-10(13)7-14-12(9)17/h2-7H,8,13H2,1H3. The Hall–Kier alpha value is -2.30. The number of hydrogen-bond acceptors (Lipinski definition) is 3. The fraction of sp³-hybridized carbons (Fsp3) is 0.167. The van der Waals surface area contributed by atoms with E-state index in [1.807, 2.05) is 37.6 Å². The fourth-order valence-electron chi connectivity index (χ4n) is 1.94. The molecule has 0 aliphatic rings. The Morgan fingerprint density at radius 3 is 2.94 bits per heavy atom. The van der Waals surface area contributed by atoms with Crippen LogP contribution in [-0.4, -0.2) is 19.3 Å². The summed E-state index contributed by atoms with van der Waals surface area (Å²) in [7, 11) is 1.91. The van der Waals surface area contributed by atoms with E-state index in [4.69, 9.17) is 5.73 Å². The lowest BCUT2D eigenvalue weighted by atomic mass is 10.3. The van der Waals surface area contributed by atoms with Crippen molar-refractivity contribution in [2.45, 2.75) is 6.54 Å². The van der Waals surface area contributed by atoms with Gasteiger partial charge < -0.3 is 10.3 Å². The van der Waals surface area contributed by atoms with Crippen molar-refractivity contribution >= 4 is 16.7 Å². The van der Waals surface area contributed by atoms with Crippen LogP contribution in [0.5, 0.6) is 0 Å². The fourth-order valence-corrected chi connectivity index (χ4v) is 1.94. The molecule has 0 aliphatic carbocycles. The maximum Gasteiger partial charge on any atom is 0.140 e. The molecule has 0 aliphatic heterocycles. The number of nitrogens with two attached hydrogens (primary N) is 1. The quantitative estimate of drug-likeness (QED) is 0.719. The van der Waals surface area contributed by atoms with E-state index in [0.29, 0.717) is 5.69 Å². The van der Waals surface area contributed by atoms with Crippen molar-refractivity contribution in [3.63, 3.8) is 0 Å². The summed E-state index contributed by atoms with van der Waals surface area (Å²) in [5.74, 6) is 0. The van der Waals surface area contributed by atoms with Gasteiger partial charge in [0.2, 0.25) is 0 Å². The van der Waals surface area contributed by atoms with Gasteiger partial charge in [-0.15, -0.1) is 0 Å². The predicted octanol–water partition coefficient (Wildman–Crippen LogP) is 1.40. The van der Waals surface area contributed by atoms with Gasteiger partial charge in [-0.2, -0.15) is 5.10 Å². The average Bonchev–Trinajstić information content (AvgIpc) is 2.86. The number of rotatable bonds is 2. The van der Waals surface area contributed by atoms with Crippen molar-refractivity contribution < 1.29 is 0 Å². The monoisotopic (exact) mass is 227 g/mol. The van der Waals surface area contributed by atoms with Gasteiger partial charge in [-0.05, 0) is 18.2 Å². The first-order chi connectivity index (χ1) is 8.22. The molecule has 0 spiro atoms. The normalized spacial score (nSPS) is 11.1. The Morgan fingerprint density at radius 2 is 2.18 bits per heavy atom. The Kier molecular flexibility index (Phi) is 2.11. The van der Waals surface area contributed by atoms with Gasteiger partial charge >= 0.3 is 0 Å². The highest BCUT2D eigenvalue weighted by atomic mass is 15.3. The summed E-state index contributed by atoms with van der Waals surface area (Å²) >= 11 is 0. The molecule has 3 aromatic heterocycles. The topological polar surface area (TPSA) is 61.7 Å². The van der Waals surface area contributed by atoms with Gasteiger partial charge in [0.1, 0.15) is 5.65 Å². The molecular weight excluding hydrogens is 214 g/mol. The molecule has 0 aromatic carbocycles. The molecule has 0 atom stereocenters. The Bertz CT molecular complexity index is 664. The van der Waals surface area contributed by atoms with Gasteiger partial charge in [0.05, 0.1) is 24.1 Å². The van der Waals surface area contributed by atoms with Gasteiger partial charge in [-0.1, -0.05) is 0 Å². The largest absolute Gasteiger partial charge is 0.397 e. The summed E-state index contributed by atoms with van der Waals surface area (Å²) in [5.41, 5.74) is 8.34. The summed E-state index contributed by atoms with van der Waals surface area (Å²) in [5, 5.41) is 5.41. The van der Waals surface area contributed by atoms with Crippen molar-refractivity contribution in [1.29, 1.82) is 0 Å². The lowest BCUT2D eigenvalue weighted by molar-refractivity contribution is 0.714. The van der Waals surface area contributed by atoms with Crippen LogP contribution in [0.15, 0.2) is 36.8 Å². The first-order valence-electron chi connectivity index (χ1n) is 5.41. The van der Waals surface area contributed by atoms with Crippen LogP contribution in [-0.2, 0) is 13.6 Å². The molecule has 3 rings (SSSR count). The van der Waals surface area contributed by atoms with Crippen LogP contribution in [0.1, 0.15) is 5.69 Å². The van der Waals surface area contributed by atoms with E-state index in [-0.39, 0.29) is 0 Å². The minimum absolute atomic E-state index is 0.688. The number of nitrogen functional groups attached to an aromatic ring is 1. The van der Waals surface area contributed by atoms with E-state index < -0.39 is 0 Å². The van der Waals surface area contributed by atoms with Gasteiger partial charge in [0, 0.05) is 24.8 Å². The molecular formula is C12H13N5. The van der Waals surface area contributed by atoms with Crippen LogP contribution in [0.2, 0.25) is 0 Å². The second kappa shape index (κ2) is 3.62. The van der Waals surface area contributed by atoms with Gasteiger partial charge in [-0.3, -0.25) is 4.68 Å². The van der Waals surface area contributed by atoms with Crippen LogP contribution in [0.25, 0.3) is 11.0 Å². The molecule has 17 heavy (non-hydrogen) atoms. The molecule has 2 N–H and O–H groups in total. The molecule has 0 bridgehead atoms. The zero-order valence-corrected chi connectivity index (χ0v) is 9.54. The first kappa shape index (κ1) is 9.89. The molecule has 0 fully saturated rings. The van der Waals surface area contributed by atoms with Gasteiger partial charge in [0.15, 0.2) is 0 Å². The lowest BCUT2D eigenvalue weighted by Crippen LogP contribution is -2.01. The van der Waals surface area contributed by atoms with Crippen molar-refractivity contribution in [2.24, 2.45) is 7.05 Å². The molecule has 5 heteroatoms. The molecule has 3 aromatic rings. The van der Waals surface area contributed by atoms with Crippen molar-refractivity contribution in [1.82, 2.24) is 19.3 Å². The third kappa shape index (κ3) is 1.75. The number of fused-ring (bicyclic) bond motifs is 1. The number of nitrogens with zero attached hydrogens (tertiary/aromatic N) is 4. The van der Waals surface area contributed by atoms with Crippen LogP contribution >= 0.6 is 0 Å². The molecule has 86 valence electrons. The van der Waals surface area contributed by atoms with E-state index in [2.05, 4.69) is 14.6 Å². The second-order valence-corrected chi connectivity index (χ2v) is 4.11. The second-order valence-electron chi connectivity index (χ2n) is 4.11. The number of pyridine rings is 1. The van der Waals surface area contributed by atoms with Crippen LogP contribution < -0.4 is 5.73 Å². The maximum absolute atomic E-state index is 5.70.